The van der Waals surface area contributed by atoms with E-state index in [-0.39, 0.29) is 17.6 Å². The van der Waals surface area contributed by atoms with Crippen LogP contribution in [0.2, 0.25) is 5.02 Å². The molecular formula is C25H34ClN3O4S. The minimum Gasteiger partial charge on any atom is -0.496 e. The number of carbonyl (C=O) groups excluding carboxylic acids is 2. The Hall–Kier alpha value is -2.32. The van der Waals surface area contributed by atoms with Gasteiger partial charge in [-0.05, 0) is 57.2 Å². The van der Waals surface area contributed by atoms with Gasteiger partial charge in [-0.15, -0.1) is 11.3 Å². The average Bonchev–Trinajstić information content (AvgIpc) is 3.34. The van der Waals surface area contributed by atoms with Gasteiger partial charge in [0.25, 0.3) is 5.91 Å². The second kappa shape index (κ2) is 10.1. The van der Waals surface area contributed by atoms with Crippen molar-refractivity contribution in [2.45, 2.75) is 78.0 Å². The van der Waals surface area contributed by atoms with Crippen LogP contribution in [0.1, 0.15) is 69.6 Å². The number of nitrogens with zero attached hydrogens (tertiary/aromatic N) is 3. The van der Waals surface area contributed by atoms with E-state index in [1.807, 2.05) is 31.5 Å². The van der Waals surface area contributed by atoms with E-state index >= 15 is 0 Å². The first-order valence-electron chi connectivity index (χ1n) is 11.4. The number of hydrogen-bond acceptors (Lipinski definition) is 5. The molecule has 3 rings (SSSR count). The smallest absolute Gasteiger partial charge is 0.410 e. The predicted molar refractivity (Wildman–Crippen MR) is 135 cm³/mol. The molecule has 7 nitrogen and oxygen atoms in total. The molecule has 1 atom stereocenters. The van der Waals surface area contributed by atoms with Crippen LogP contribution in [0.4, 0.5) is 4.79 Å². The third-order valence-electron chi connectivity index (χ3n) is 5.46. The molecule has 9 heteroatoms. The molecule has 0 radical (unpaired) electrons. The van der Waals surface area contributed by atoms with E-state index in [0.29, 0.717) is 34.2 Å². The Balaban J connectivity index is 1.97. The fourth-order valence-electron chi connectivity index (χ4n) is 3.75. The number of aromatic nitrogens is 1. The van der Waals surface area contributed by atoms with Gasteiger partial charge < -0.3 is 18.9 Å². The fourth-order valence-corrected chi connectivity index (χ4v) is 4.98. The lowest BCUT2D eigenvalue weighted by molar-refractivity contribution is 0.0213. The first-order chi connectivity index (χ1) is 15.8. The molecule has 1 saturated heterocycles. The molecule has 1 fully saturated rings. The maximum Gasteiger partial charge on any atom is 0.410 e. The van der Waals surface area contributed by atoms with Crippen molar-refractivity contribution in [1.29, 1.82) is 0 Å². The zero-order valence-electron chi connectivity index (χ0n) is 21.0. The van der Waals surface area contributed by atoms with Crippen LogP contribution in [0.15, 0.2) is 29.4 Å². The zero-order chi connectivity index (χ0) is 25.3. The van der Waals surface area contributed by atoms with E-state index in [0.717, 1.165) is 17.7 Å². The Bertz CT molecular complexity index is 1120. The number of likely N-dealkylation sites (tertiary alicyclic amines) is 1. The van der Waals surface area contributed by atoms with Crippen molar-refractivity contribution >= 4 is 34.9 Å². The number of amides is 2. The van der Waals surface area contributed by atoms with Crippen molar-refractivity contribution in [2.24, 2.45) is 4.99 Å². The van der Waals surface area contributed by atoms with Crippen molar-refractivity contribution in [3.8, 4) is 5.75 Å². The number of hydrogen-bond donors (Lipinski definition) is 0. The van der Waals surface area contributed by atoms with Gasteiger partial charge in [-0.25, -0.2) is 4.79 Å². The normalized spacial score (nSPS) is 17.2. The SMILES string of the molecule is COc1ccc(Cl)cc1C(=O)/N=c1\sc(C(C)(C)C)cn1C[C@H]1CCCN1C(=O)OC(C)(C)C. The summed E-state index contributed by atoms with van der Waals surface area (Å²) in [5.41, 5.74) is -0.358. The summed E-state index contributed by atoms with van der Waals surface area (Å²) in [5, 5.41) is 0.438. The van der Waals surface area contributed by atoms with E-state index < -0.39 is 11.5 Å². The molecule has 0 spiro atoms. The van der Waals surface area contributed by atoms with Gasteiger partial charge in [0, 0.05) is 29.2 Å². The van der Waals surface area contributed by atoms with E-state index in [1.54, 1.807) is 23.1 Å². The number of halogens is 1. The molecule has 2 aromatic rings. The third-order valence-corrected chi connectivity index (χ3v) is 7.14. The topological polar surface area (TPSA) is 73.1 Å². The highest BCUT2D eigenvalue weighted by atomic mass is 35.5. The van der Waals surface area contributed by atoms with Crippen LogP contribution < -0.4 is 9.54 Å². The molecule has 0 saturated carbocycles. The number of methoxy groups -OCH3 is 1. The second-order valence-electron chi connectivity index (χ2n) is 10.5. The van der Waals surface area contributed by atoms with Crippen LogP contribution in [0.3, 0.4) is 0 Å². The van der Waals surface area contributed by atoms with Gasteiger partial charge in [-0.3, -0.25) is 4.79 Å². The summed E-state index contributed by atoms with van der Waals surface area (Å²) < 4.78 is 12.9. The number of ether oxygens (including phenoxy) is 2. The van der Waals surface area contributed by atoms with Crippen molar-refractivity contribution in [1.82, 2.24) is 9.47 Å². The number of benzene rings is 1. The first-order valence-corrected chi connectivity index (χ1v) is 12.6. The maximum atomic E-state index is 13.1. The quantitative estimate of drug-likeness (QED) is 0.536. The predicted octanol–water partition coefficient (Wildman–Crippen LogP) is 5.65. The molecule has 2 heterocycles. The molecule has 2 amide bonds. The lowest BCUT2D eigenvalue weighted by Gasteiger charge is -2.28. The molecule has 0 N–H and O–H groups in total. The molecule has 0 unspecified atom stereocenters. The average molecular weight is 508 g/mol. The molecule has 0 aliphatic carbocycles. The highest BCUT2D eigenvalue weighted by Crippen LogP contribution is 2.27. The lowest BCUT2D eigenvalue weighted by atomic mass is 9.95. The van der Waals surface area contributed by atoms with E-state index in [4.69, 9.17) is 21.1 Å². The van der Waals surface area contributed by atoms with Gasteiger partial charge in [0.1, 0.15) is 11.4 Å². The monoisotopic (exact) mass is 507 g/mol. The lowest BCUT2D eigenvalue weighted by Crippen LogP contribution is -2.42. The van der Waals surface area contributed by atoms with Crippen LogP contribution in [-0.4, -0.2) is 46.8 Å². The van der Waals surface area contributed by atoms with Crippen molar-refractivity contribution in [3.05, 3.63) is 44.7 Å². The minimum atomic E-state index is -0.553. The molecule has 34 heavy (non-hydrogen) atoms. The molecule has 0 bridgehead atoms. The van der Waals surface area contributed by atoms with E-state index in [1.165, 1.54) is 18.4 Å². The van der Waals surface area contributed by atoms with Crippen LogP contribution in [0.25, 0.3) is 0 Å². The van der Waals surface area contributed by atoms with Gasteiger partial charge in [0.2, 0.25) is 0 Å². The highest BCUT2D eigenvalue weighted by Gasteiger charge is 2.33. The van der Waals surface area contributed by atoms with Crippen LogP contribution in [0, 0.1) is 0 Å². The van der Waals surface area contributed by atoms with Crippen LogP contribution in [-0.2, 0) is 16.7 Å². The second-order valence-corrected chi connectivity index (χ2v) is 12.0. The van der Waals surface area contributed by atoms with Crippen molar-refractivity contribution < 1.29 is 19.1 Å². The summed E-state index contributed by atoms with van der Waals surface area (Å²) in [7, 11) is 1.51. The summed E-state index contributed by atoms with van der Waals surface area (Å²) in [6.45, 7) is 13.2. The maximum absolute atomic E-state index is 13.1. The summed E-state index contributed by atoms with van der Waals surface area (Å²) >= 11 is 7.60. The van der Waals surface area contributed by atoms with Gasteiger partial charge in [0.05, 0.1) is 18.7 Å². The van der Waals surface area contributed by atoms with Gasteiger partial charge in [-0.2, -0.15) is 4.99 Å². The molecule has 1 aliphatic heterocycles. The molecule has 186 valence electrons. The van der Waals surface area contributed by atoms with E-state index in [9.17, 15) is 9.59 Å². The Morgan fingerprint density at radius 1 is 1.21 bits per heavy atom. The Morgan fingerprint density at radius 3 is 2.53 bits per heavy atom. The molecule has 1 aromatic heterocycles. The zero-order valence-corrected chi connectivity index (χ0v) is 22.5. The Labute approximate surface area is 210 Å². The minimum absolute atomic E-state index is 0.0352. The largest absolute Gasteiger partial charge is 0.496 e. The number of carbonyl (C=O) groups is 2. The first kappa shape index (κ1) is 26.3. The molecular weight excluding hydrogens is 474 g/mol. The van der Waals surface area contributed by atoms with Crippen molar-refractivity contribution in [3.63, 3.8) is 0 Å². The summed E-state index contributed by atoms with van der Waals surface area (Å²) in [6.07, 6.45) is 3.51. The number of rotatable bonds is 4. The summed E-state index contributed by atoms with van der Waals surface area (Å²) in [6, 6.07) is 4.86. The van der Waals surface area contributed by atoms with Gasteiger partial charge in [-0.1, -0.05) is 32.4 Å². The van der Waals surface area contributed by atoms with Gasteiger partial charge in [0.15, 0.2) is 4.80 Å². The summed E-state index contributed by atoms with van der Waals surface area (Å²) in [5.74, 6) is -0.00461. The molecule has 1 aromatic carbocycles. The highest BCUT2D eigenvalue weighted by molar-refractivity contribution is 7.09. The van der Waals surface area contributed by atoms with Crippen LogP contribution in [0.5, 0.6) is 5.75 Å². The third kappa shape index (κ3) is 6.42. The summed E-state index contributed by atoms with van der Waals surface area (Å²) in [4.78, 5) is 33.8. The van der Waals surface area contributed by atoms with Crippen molar-refractivity contribution in [2.75, 3.05) is 13.7 Å². The standard InChI is InChI=1S/C25H34ClN3O4S/c1-24(2,3)20-15-28(14-17-9-8-12-29(17)23(31)33-25(4,5)6)22(34-20)27-21(30)18-13-16(26)10-11-19(18)32-7/h10-11,13,15,17H,8-9,12,14H2,1-7H3/b27-22-/t17-/m1/s1. The Morgan fingerprint density at radius 2 is 1.91 bits per heavy atom. The van der Waals surface area contributed by atoms with Crippen LogP contribution >= 0.6 is 22.9 Å². The fraction of sp³-hybridized carbons (Fsp3) is 0.560. The Kier molecular flexibility index (Phi) is 7.82. The van der Waals surface area contributed by atoms with E-state index in [2.05, 4.69) is 25.8 Å². The van der Waals surface area contributed by atoms with Gasteiger partial charge >= 0.3 is 6.09 Å². The molecule has 1 aliphatic rings. The number of thiazole rings is 1.